The van der Waals surface area contributed by atoms with Crippen LogP contribution in [-0.4, -0.2) is 24.8 Å². The fourth-order valence-electron chi connectivity index (χ4n) is 3.26. The Labute approximate surface area is 187 Å². The zero-order chi connectivity index (χ0) is 22.9. The summed E-state index contributed by atoms with van der Waals surface area (Å²) in [6.45, 7) is 1.43. The number of methoxy groups -OCH3 is 1. The molecule has 3 aromatic rings. The van der Waals surface area contributed by atoms with Gasteiger partial charge in [0, 0.05) is 16.7 Å². The number of hydrogen-bond acceptors (Lipinski definition) is 5. The molecule has 0 aliphatic rings. The fraction of sp³-hybridized carbons (Fsp3) is 0.192. The number of ether oxygens (including phenoxy) is 2. The topological polar surface area (TPSA) is 81.7 Å². The Balaban J connectivity index is 1.71. The van der Waals surface area contributed by atoms with Gasteiger partial charge in [-0.3, -0.25) is 14.4 Å². The predicted molar refractivity (Wildman–Crippen MR) is 121 cm³/mol. The van der Waals surface area contributed by atoms with Crippen molar-refractivity contribution >= 4 is 17.7 Å². The van der Waals surface area contributed by atoms with Gasteiger partial charge in [0.25, 0.3) is 5.91 Å². The van der Waals surface area contributed by atoms with Gasteiger partial charge in [-0.25, -0.2) is 0 Å². The van der Waals surface area contributed by atoms with Crippen LogP contribution >= 0.6 is 0 Å². The second kappa shape index (κ2) is 10.9. The van der Waals surface area contributed by atoms with Crippen molar-refractivity contribution in [1.82, 2.24) is 5.32 Å². The van der Waals surface area contributed by atoms with E-state index in [-0.39, 0.29) is 24.7 Å². The molecule has 1 N–H and O–H groups in total. The summed E-state index contributed by atoms with van der Waals surface area (Å²) in [7, 11) is 1.51. The Morgan fingerprint density at radius 3 is 2.16 bits per heavy atom. The van der Waals surface area contributed by atoms with Gasteiger partial charge in [-0.2, -0.15) is 0 Å². The average Bonchev–Trinajstić information content (AvgIpc) is 2.83. The molecule has 6 nitrogen and oxygen atoms in total. The zero-order valence-corrected chi connectivity index (χ0v) is 18.0. The lowest BCUT2D eigenvalue weighted by atomic mass is 10.0. The molecule has 1 atom stereocenters. The van der Waals surface area contributed by atoms with Crippen molar-refractivity contribution in [3.05, 3.63) is 101 Å². The van der Waals surface area contributed by atoms with Crippen LogP contribution in [0.4, 0.5) is 0 Å². The van der Waals surface area contributed by atoms with Crippen molar-refractivity contribution < 1.29 is 23.9 Å². The number of Topliss-reactive ketones (excluding diaryl/α,β-unsaturated/α-hetero) is 1. The average molecular weight is 431 g/mol. The van der Waals surface area contributed by atoms with Gasteiger partial charge >= 0.3 is 5.97 Å². The normalized spacial score (nSPS) is 11.3. The van der Waals surface area contributed by atoms with E-state index < -0.39 is 12.0 Å². The first-order valence-electron chi connectivity index (χ1n) is 10.2. The van der Waals surface area contributed by atoms with Crippen LogP contribution in [0.25, 0.3) is 0 Å². The molecule has 3 rings (SSSR count). The van der Waals surface area contributed by atoms with E-state index in [1.807, 2.05) is 36.4 Å². The Kier molecular flexibility index (Phi) is 7.75. The van der Waals surface area contributed by atoms with Crippen LogP contribution in [0.15, 0.2) is 78.9 Å². The smallest absolute Gasteiger partial charge is 0.308 e. The van der Waals surface area contributed by atoms with Crippen LogP contribution < -0.4 is 10.1 Å². The Morgan fingerprint density at radius 2 is 1.53 bits per heavy atom. The highest BCUT2D eigenvalue weighted by Gasteiger charge is 2.20. The molecule has 6 heteroatoms. The number of nitrogens with one attached hydrogen (secondary N) is 1. The second-order valence-electron chi connectivity index (χ2n) is 7.25. The second-order valence-corrected chi connectivity index (χ2v) is 7.25. The molecule has 0 radical (unpaired) electrons. The Morgan fingerprint density at radius 1 is 0.875 bits per heavy atom. The van der Waals surface area contributed by atoms with Crippen LogP contribution in [0.3, 0.4) is 0 Å². The molecule has 32 heavy (non-hydrogen) atoms. The number of hydrogen-bond donors (Lipinski definition) is 1. The number of esters is 1. The molecule has 3 aromatic carbocycles. The summed E-state index contributed by atoms with van der Waals surface area (Å²) in [5.41, 5.74) is 2.41. The summed E-state index contributed by atoms with van der Waals surface area (Å²) < 4.78 is 10.8. The molecule has 0 bridgehead atoms. The number of carbonyl (C=O) groups is 3. The standard InChI is InChI=1S/C26H25NO5/c1-18(28)21-13-14-24(31-2)22(15-21)17-32-25(29)16-23(19-9-5-3-6-10-19)27-26(30)20-11-7-4-8-12-20/h3-15,23H,16-17H2,1-2H3,(H,27,30)/t23-/m1/s1. The highest BCUT2D eigenvalue weighted by Crippen LogP contribution is 2.23. The summed E-state index contributed by atoms with van der Waals surface area (Å²) in [5.74, 6) is -0.321. The molecular weight excluding hydrogens is 406 g/mol. The van der Waals surface area contributed by atoms with E-state index in [4.69, 9.17) is 9.47 Å². The summed E-state index contributed by atoms with van der Waals surface area (Å²) in [5, 5.41) is 2.92. The number of carbonyl (C=O) groups excluding carboxylic acids is 3. The van der Waals surface area contributed by atoms with E-state index in [0.29, 0.717) is 22.4 Å². The van der Waals surface area contributed by atoms with Gasteiger partial charge < -0.3 is 14.8 Å². The minimum absolute atomic E-state index is 0.0443. The molecule has 0 spiro atoms. The van der Waals surface area contributed by atoms with Crippen LogP contribution in [-0.2, 0) is 16.1 Å². The van der Waals surface area contributed by atoms with Crippen LogP contribution in [0, 0.1) is 0 Å². The fourth-order valence-corrected chi connectivity index (χ4v) is 3.26. The Bertz CT molecular complexity index is 1080. The number of ketones is 1. The van der Waals surface area contributed by atoms with Crippen molar-refractivity contribution in [2.24, 2.45) is 0 Å². The molecule has 0 aromatic heterocycles. The van der Waals surface area contributed by atoms with E-state index in [1.165, 1.54) is 14.0 Å². The highest BCUT2D eigenvalue weighted by atomic mass is 16.5. The lowest BCUT2D eigenvalue weighted by Crippen LogP contribution is -2.30. The van der Waals surface area contributed by atoms with E-state index in [9.17, 15) is 14.4 Å². The van der Waals surface area contributed by atoms with Crippen LogP contribution in [0.2, 0.25) is 0 Å². The molecule has 0 aliphatic heterocycles. The third-order valence-electron chi connectivity index (χ3n) is 4.99. The van der Waals surface area contributed by atoms with Crippen molar-refractivity contribution in [2.45, 2.75) is 26.0 Å². The molecule has 0 fully saturated rings. The third-order valence-corrected chi connectivity index (χ3v) is 4.99. The summed E-state index contributed by atoms with van der Waals surface area (Å²) in [4.78, 5) is 37.0. The number of rotatable bonds is 9. The summed E-state index contributed by atoms with van der Waals surface area (Å²) >= 11 is 0. The lowest BCUT2D eigenvalue weighted by Gasteiger charge is -2.19. The van der Waals surface area contributed by atoms with Gasteiger partial charge in [0.15, 0.2) is 5.78 Å². The predicted octanol–water partition coefficient (Wildman–Crippen LogP) is 4.50. The van der Waals surface area contributed by atoms with E-state index in [2.05, 4.69) is 5.32 Å². The lowest BCUT2D eigenvalue weighted by molar-refractivity contribution is -0.145. The molecule has 164 valence electrons. The van der Waals surface area contributed by atoms with Gasteiger partial charge in [-0.15, -0.1) is 0 Å². The zero-order valence-electron chi connectivity index (χ0n) is 18.0. The molecule has 0 aliphatic carbocycles. The monoisotopic (exact) mass is 431 g/mol. The molecule has 0 saturated heterocycles. The van der Waals surface area contributed by atoms with Crippen molar-refractivity contribution in [3.63, 3.8) is 0 Å². The maximum absolute atomic E-state index is 12.7. The largest absolute Gasteiger partial charge is 0.496 e. The minimum atomic E-state index is -0.554. The summed E-state index contributed by atoms with van der Waals surface area (Å²) in [6, 6.07) is 22.5. The first kappa shape index (κ1) is 22.7. The van der Waals surface area contributed by atoms with Crippen molar-refractivity contribution in [3.8, 4) is 5.75 Å². The van der Waals surface area contributed by atoms with Gasteiger partial charge in [0.1, 0.15) is 12.4 Å². The maximum Gasteiger partial charge on any atom is 0.308 e. The van der Waals surface area contributed by atoms with Crippen molar-refractivity contribution in [2.75, 3.05) is 7.11 Å². The van der Waals surface area contributed by atoms with E-state index >= 15 is 0 Å². The van der Waals surface area contributed by atoms with Gasteiger partial charge in [0.2, 0.25) is 0 Å². The highest BCUT2D eigenvalue weighted by molar-refractivity contribution is 5.95. The molecule has 0 saturated carbocycles. The van der Waals surface area contributed by atoms with Gasteiger partial charge in [-0.1, -0.05) is 48.5 Å². The molecular formula is C26H25NO5. The summed E-state index contributed by atoms with van der Waals surface area (Å²) in [6.07, 6.45) is -0.0443. The first-order chi connectivity index (χ1) is 15.5. The van der Waals surface area contributed by atoms with Gasteiger partial charge in [-0.05, 0) is 42.8 Å². The Hall–Kier alpha value is -3.93. The first-order valence-corrected chi connectivity index (χ1v) is 10.2. The number of benzene rings is 3. The van der Waals surface area contributed by atoms with E-state index in [0.717, 1.165) is 5.56 Å². The van der Waals surface area contributed by atoms with Crippen molar-refractivity contribution in [1.29, 1.82) is 0 Å². The third kappa shape index (κ3) is 6.04. The van der Waals surface area contributed by atoms with Crippen LogP contribution in [0.1, 0.15) is 51.2 Å². The quantitative estimate of drug-likeness (QED) is 0.398. The molecule has 0 unspecified atom stereocenters. The number of amides is 1. The SMILES string of the molecule is COc1ccc(C(C)=O)cc1COC(=O)C[C@@H](NC(=O)c1ccccc1)c1ccccc1. The molecule has 1 amide bonds. The van der Waals surface area contributed by atoms with Crippen LogP contribution in [0.5, 0.6) is 5.75 Å². The molecule has 0 heterocycles. The maximum atomic E-state index is 12.7. The van der Waals surface area contributed by atoms with Gasteiger partial charge in [0.05, 0.1) is 19.6 Å². The van der Waals surface area contributed by atoms with E-state index in [1.54, 1.807) is 42.5 Å². The minimum Gasteiger partial charge on any atom is -0.496 e.